The minimum Gasteiger partial charge on any atom is -0.371 e. The van der Waals surface area contributed by atoms with Gasteiger partial charge in [0.05, 0.1) is 12.5 Å². The SMILES string of the molecule is CN1CC(C(=O)N(O)Cc2ccc(Nc3ccc(N4CCC(F)(F)CC4)cc3)cc2)CCC1=O. The lowest BCUT2D eigenvalue weighted by atomic mass is 9.97. The summed E-state index contributed by atoms with van der Waals surface area (Å²) in [6.45, 7) is 1.08. The van der Waals surface area contributed by atoms with Gasteiger partial charge in [-0.05, 0) is 48.4 Å². The zero-order valence-electron chi connectivity index (χ0n) is 19.2. The average Bonchev–Trinajstić information content (AvgIpc) is 2.82. The molecule has 1 unspecified atom stereocenters. The molecule has 0 aliphatic carbocycles. The summed E-state index contributed by atoms with van der Waals surface area (Å²) in [5.74, 6) is -3.31. The first-order valence-corrected chi connectivity index (χ1v) is 11.5. The minimum absolute atomic E-state index is 0.0161. The van der Waals surface area contributed by atoms with E-state index in [9.17, 15) is 23.6 Å². The lowest BCUT2D eigenvalue weighted by molar-refractivity contribution is -0.175. The third-order valence-corrected chi connectivity index (χ3v) is 6.53. The van der Waals surface area contributed by atoms with Gasteiger partial charge in [0.1, 0.15) is 0 Å². The molecule has 0 aromatic heterocycles. The van der Waals surface area contributed by atoms with E-state index in [0.717, 1.165) is 27.7 Å². The summed E-state index contributed by atoms with van der Waals surface area (Å²) in [5.41, 5.74) is 3.42. The third kappa shape index (κ3) is 5.83. The van der Waals surface area contributed by atoms with Gasteiger partial charge in [-0.15, -0.1) is 0 Å². The highest BCUT2D eigenvalue weighted by atomic mass is 19.3. The molecule has 182 valence electrons. The molecule has 34 heavy (non-hydrogen) atoms. The van der Waals surface area contributed by atoms with Crippen molar-refractivity contribution in [2.24, 2.45) is 5.92 Å². The van der Waals surface area contributed by atoms with Crippen molar-refractivity contribution < 1.29 is 23.6 Å². The number of carbonyl (C=O) groups excluding carboxylic acids is 2. The highest BCUT2D eigenvalue weighted by molar-refractivity contribution is 5.83. The van der Waals surface area contributed by atoms with Crippen molar-refractivity contribution in [2.75, 3.05) is 36.9 Å². The Morgan fingerprint density at radius 2 is 1.68 bits per heavy atom. The summed E-state index contributed by atoms with van der Waals surface area (Å²) in [4.78, 5) is 27.6. The van der Waals surface area contributed by atoms with Gasteiger partial charge < -0.3 is 15.1 Å². The van der Waals surface area contributed by atoms with Crippen LogP contribution < -0.4 is 10.2 Å². The van der Waals surface area contributed by atoms with Crippen LogP contribution in [0.5, 0.6) is 0 Å². The molecule has 2 aromatic carbocycles. The van der Waals surface area contributed by atoms with Crippen LogP contribution in [-0.4, -0.2) is 59.6 Å². The number of nitrogens with one attached hydrogen (secondary N) is 1. The third-order valence-electron chi connectivity index (χ3n) is 6.53. The minimum atomic E-state index is -2.56. The number of carbonyl (C=O) groups is 2. The zero-order chi connectivity index (χ0) is 24.3. The van der Waals surface area contributed by atoms with Crippen LogP contribution in [-0.2, 0) is 16.1 Å². The second kappa shape index (κ2) is 9.97. The average molecular weight is 473 g/mol. The van der Waals surface area contributed by atoms with Gasteiger partial charge in [-0.3, -0.25) is 14.8 Å². The van der Waals surface area contributed by atoms with Crippen molar-refractivity contribution in [2.45, 2.75) is 38.2 Å². The first-order chi connectivity index (χ1) is 16.2. The van der Waals surface area contributed by atoms with Crippen LogP contribution >= 0.6 is 0 Å². The molecule has 0 bridgehead atoms. The maximum atomic E-state index is 13.4. The molecule has 2 saturated heterocycles. The fraction of sp³-hybridized carbons (Fsp3) is 0.440. The van der Waals surface area contributed by atoms with E-state index < -0.39 is 11.8 Å². The number of likely N-dealkylation sites (tertiary alicyclic amines) is 1. The molecule has 2 N–H and O–H groups in total. The number of hydrogen-bond donors (Lipinski definition) is 2. The summed E-state index contributed by atoms with van der Waals surface area (Å²) in [7, 11) is 1.66. The molecule has 2 aromatic rings. The van der Waals surface area contributed by atoms with E-state index in [2.05, 4.69) is 5.32 Å². The van der Waals surface area contributed by atoms with Crippen molar-refractivity contribution in [3.05, 3.63) is 54.1 Å². The number of hydroxylamine groups is 2. The second-order valence-electron chi connectivity index (χ2n) is 9.12. The van der Waals surface area contributed by atoms with E-state index in [4.69, 9.17) is 0 Å². The number of amides is 2. The Morgan fingerprint density at radius 1 is 1.09 bits per heavy atom. The summed E-state index contributed by atoms with van der Waals surface area (Å²) in [6, 6.07) is 15.1. The highest BCUT2D eigenvalue weighted by Gasteiger charge is 2.34. The predicted molar refractivity (Wildman–Crippen MR) is 125 cm³/mol. The van der Waals surface area contributed by atoms with Crippen LogP contribution in [0.25, 0.3) is 0 Å². The Hall–Kier alpha value is -3.20. The molecule has 4 rings (SSSR count). The molecule has 7 nitrogen and oxygen atoms in total. The van der Waals surface area contributed by atoms with E-state index in [0.29, 0.717) is 32.5 Å². The number of halogens is 2. The normalized spacial score (nSPS) is 20.2. The Labute approximate surface area is 197 Å². The van der Waals surface area contributed by atoms with Gasteiger partial charge >= 0.3 is 0 Å². The number of anilines is 3. The summed E-state index contributed by atoms with van der Waals surface area (Å²) in [6.07, 6.45) is 0.530. The quantitative estimate of drug-likeness (QED) is 0.486. The summed E-state index contributed by atoms with van der Waals surface area (Å²) < 4.78 is 26.7. The maximum absolute atomic E-state index is 13.4. The number of benzene rings is 2. The van der Waals surface area contributed by atoms with Gasteiger partial charge in [-0.2, -0.15) is 0 Å². The lowest BCUT2D eigenvalue weighted by Crippen LogP contribution is -2.44. The number of nitrogens with zero attached hydrogens (tertiary/aromatic N) is 3. The fourth-order valence-corrected chi connectivity index (χ4v) is 4.38. The van der Waals surface area contributed by atoms with Crippen molar-refractivity contribution in [1.82, 2.24) is 9.96 Å². The fourth-order valence-electron chi connectivity index (χ4n) is 4.38. The van der Waals surface area contributed by atoms with Gasteiger partial charge in [0, 0.05) is 63.0 Å². The molecule has 2 aliphatic rings. The maximum Gasteiger partial charge on any atom is 0.251 e. The van der Waals surface area contributed by atoms with Gasteiger partial charge in [0.15, 0.2) is 0 Å². The number of alkyl halides is 2. The van der Waals surface area contributed by atoms with Gasteiger partial charge in [0.2, 0.25) is 5.91 Å². The van der Waals surface area contributed by atoms with Crippen LogP contribution in [0.2, 0.25) is 0 Å². The molecule has 2 heterocycles. The second-order valence-corrected chi connectivity index (χ2v) is 9.12. The van der Waals surface area contributed by atoms with E-state index in [1.165, 1.54) is 4.90 Å². The van der Waals surface area contributed by atoms with Crippen LogP contribution in [0.4, 0.5) is 25.8 Å². The lowest BCUT2D eigenvalue weighted by Gasteiger charge is -2.33. The molecule has 1 atom stereocenters. The van der Waals surface area contributed by atoms with Crippen LogP contribution in [0.1, 0.15) is 31.2 Å². The van der Waals surface area contributed by atoms with Crippen LogP contribution in [0.3, 0.4) is 0 Å². The summed E-state index contributed by atoms with van der Waals surface area (Å²) >= 11 is 0. The molecule has 2 aliphatic heterocycles. The standard InChI is InChI=1S/C25H30F2N4O3/c1-29-17-19(4-11-23(29)32)24(33)31(34)16-18-2-5-20(6-3-18)28-21-7-9-22(10-8-21)30-14-12-25(26,27)13-15-30/h2-3,5-10,19,28,34H,4,11-17H2,1H3. The Kier molecular flexibility index (Phi) is 7.02. The molecular formula is C25H30F2N4O3. The molecule has 0 saturated carbocycles. The molecule has 9 heteroatoms. The first kappa shape index (κ1) is 23.9. The van der Waals surface area contributed by atoms with Crippen molar-refractivity contribution in [1.29, 1.82) is 0 Å². The van der Waals surface area contributed by atoms with Gasteiger partial charge in [-0.1, -0.05) is 12.1 Å². The Balaban J connectivity index is 1.29. The van der Waals surface area contributed by atoms with Gasteiger partial charge in [0.25, 0.3) is 11.8 Å². The molecular weight excluding hydrogens is 442 g/mol. The van der Waals surface area contributed by atoms with Crippen molar-refractivity contribution in [3.63, 3.8) is 0 Å². The topological polar surface area (TPSA) is 76.1 Å². The molecule has 0 spiro atoms. The van der Waals surface area contributed by atoms with E-state index in [1.54, 1.807) is 7.05 Å². The van der Waals surface area contributed by atoms with Gasteiger partial charge in [-0.25, -0.2) is 13.8 Å². The van der Waals surface area contributed by atoms with Crippen LogP contribution in [0.15, 0.2) is 48.5 Å². The number of hydrogen-bond acceptors (Lipinski definition) is 5. The Morgan fingerprint density at radius 3 is 2.26 bits per heavy atom. The zero-order valence-corrected chi connectivity index (χ0v) is 19.2. The smallest absolute Gasteiger partial charge is 0.251 e. The molecule has 2 fully saturated rings. The Bertz CT molecular complexity index is 1000. The number of piperidine rings is 2. The van der Waals surface area contributed by atoms with E-state index in [1.807, 2.05) is 53.4 Å². The first-order valence-electron chi connectivity index (χ1n) is 11.5. The summed E-state index contributed by atoms with van der Waals surface area (Å²) in [5, 5.41) is 14.3. The molecule has 2 amide bonds. The van der Waals surface area contributed by atoms with E-state index >= 15 is 0 Å². The predicted octanol–water partition coefficient (Wildman–Crippen LogP) is 4.25. The molecule has 0 radical (unpaired) electrons. The largest absolute Gasteiger partial charge is 0.371 e. The monoisotopic (exact) mass is 472 g/mol. The van der Waals surface area contributed by atoms with Crippen LogP contribution in [0, 0.1) is 5.92 Å². The number of rotatable bonds is 6. The van der Waals surface area contributed by atoms with Crippen molar-refractivity contribution in [3.8, 4) is 0 Å². The van der Waals surface area contributed by atoms with E-state index in [-0.39, 0.29) is 31.2 Å². The van der Waals surface area contributed by atoms with Crippen molar-refractivity contribution >= 4 is 28.9 Å². The highest BCUT2D eigenvalue weighted by Crippen LogP contribution is 2.31.